The zero-order valence-electron chi connectivity index (χ0n) is 12.1. The number of nitrogens with zero attached hydrogens (tertiary/aromatic N) is 2. The molecule has 1 aromatic heterocycles. The second-order valence-corrected chi connectivity index (χ2v) is 5.55. The lowest BCUT2D eigenvalue weighted by atomic mass is 10.1. The molecule has 0 spiro atoms. The largest absolute Gasteiger partial charge is 0.335 e. The van der Waals surface area contributed by atoms with Gasteiger partial charge in [0.15, 0.2) is 0 Å². The normalized spacial score (nSPS) is 13.8. The van der Waals surface area contributed by atoms with E-state index in [9.17, 15) is 4.79 Å². The summed E-state index contributed by atoms with van der Waals surface area (Å²) < 4.78 is 0. The van der Waals surface area contributed by atoms with Gasteiger partial charge < -0.3 is 10.6 Å². The van der Waals surface area contributed by atoms with E-state index in [-0.39, 0.29) is 5.91 Å². The molecule has 0 atom stereocenters. The van der Waals surface area contributed by atoms with E-state index in [1.165, 1.54) is 0 Å². The minimum Gasteiger partial charge on any atom is -0.335 e. The van der Waals surface area contributed by atoms with E-state index in [1.807, 2.05) is 4.90 Å². The predicted molar refractivity (Wildman–Crippen MR) is 79.1 cm³/mol. The molecule has 2 rings (SSSR count). The number of aromatic nitrogens is 1. The maximum atomic E-state index is 12.6. The predicted octanol–water partition coefficient (Wildman–Crippen LogP) is 1.65. The number of rotatable bonds is 4. The summed E-state index contributed by atoms with van der Waals surface area (Å²) in [5, 5.41) is 0. The Labute approximate surface area is 120 Å². The van der Waals surface area contributed by atoms with E-state index in [0.29, 0.717) is 24.1 Å². The molecular formula is C16H21N3O. The average Bonchev–Trinajstić information content (AvgIpc) is 3.26. The van der Waals surface area contributed by atoms with Crippen LogP contribution in [-0.2, 0) is 0 Å². The van der Waals surface area contributed by atoms with Crippen LogP contribution < -0.4 is 5.73 Å². The molecule has 0 bridgehead atoms. The molecule has 4 heteroatoms. The Morgan fingerprint density at radius 1 is 1.50 bits per heavy atom. The van der Waals surface area contributed by atoms with Crippen LogP contribution in [0.3, 0.4) is 0 Å². The molecule has 1 aliphatic carbocycles. The van der Waals surface area contributed by atoms with Crippen LogP contribution in [0.4, 0.5) is 0 Å². The van der Waals surface area contributed by atoms with E-state index in [2.05, 4.69) is 30.7 Å². The number of carbonyl (C=O) groups excluding carboxylic acids is 1. The summed E-state index contributed by atoms with van der Waals surface area (Å²) in [4.78, 5) is 18.7. The molecule has 0 aromatic carbocycles. The Morgan fingerprint density at radius 2 is 2.25 bits per heavy atom. The molecule has 4 nitrogen and oxygen atoms in total. The third kappa shape index (κ3) is 3.82. The average molecular weight is 271 g/mol. The molecule has 1 amide bonds. The lowest BCUT2D eigenvalue weighted by molar-refractivity contribution is 0.0722. The number of hydrogen-bond acceptors (Lipinski definition) is 3. The van der Waals surface area contributed by atoms with Crippen LogP contribution in [0.1, 0.15) is 42.6 Å². The second-order valence-electron chi connectivity index (χ2n) is 5.55. The molecule has 0 radical (unpaired) electrons. The fraction of sp³-hybridized carbons (Fsp3) is 0.500. The van der Waals surface area contributed by atoms with Crippen molar-refractivity contribution in [3.8, 4) is 11.8 Å². The van der Waals surface area contributed by atoms with E-state index in [1.54, 1.807) is 18.5 Å². The van der Waals surface area contributed by atoms with Crippen LogP contribution in [0.15, 0.2) is 18.5 Å². The molecule has 106 valence electrons. The van der Waals surface area contributed by atoms with Gasteiger partial charge in [0.2, 0.25) is 0 Å². The number of amides is 1. The topological polar surface area (TPSA) is 59.2 Å². The van der Waals surface area contributed by atoms with Gasteiger partial charge in [-0.05, 0) is 24.8 Å². The summed E-state index contributed by atoms with van der Waals surface area (Å²) in [5.74, 6) is 6.22. The van der Waals surface area contributed by atoms with Crippen LogP contribution in [-0.4, -0.2) is 34.9 Å². The number of carbonyl (C=O) groups is 1. The first-order valence-corrected chi connectivity index (χ1v) is 7.06. The summed E-state index contributed by atoms with van der Waals surface area (Å²) in [6.45, 7) is 5.36. The van der Waals surface area contributed by atoms with Gasteiger partial charge in [0.25, 0.3) is 5.91 Å². The smallest absolute Gasteiger partial charge is 0.255 e. The van der Waals surface area contributed by atoms with Crippen LogP contribution in [0.5, 0.6) is 0 Å². The molecule has 0 aliphatic heterocycles. The molecule has 1 aliphatic rings. The van der Waals surface area contributed by atoms with Crippen molar-refractivity contribution in [2.45, 2.75) is 32.7 Å². The molecule has 1 aromatic rings. The van der Waals surface area contributed by atoms with Crippen molar-refractivity contribution in [3.63, 3.8) is 0 Å². The summed E-state index contributed by atoms with van der Waals surface area (Å²) >= 11 is 0. The lowest BCUT2D eigenvalue weighted by Crippen LogP contribution is -2.36. The van der Waals surface area contributed by atoms with Crippen molar-refractivity contribution >= 4 is 5.91 Å². The number of pyridine rings is 1. The molecule has 0 unspecified atom stereocenters. The van der Waals surface area contributed by atoms with Gasteiger partial charge in [0, 0.05) is 30.5 Å². The monoisotopic (exact) mass is 271 g/mol. The second kappa shape index (κ2) is 6.53. The highest BCUT2D eigenvalue weighted by Crippen LogP contribution is 2.29. The zero-order chi connectivity index (χ0) is 14.5. The minimum atomic E-state index is 0.0603. The van der Waals surface area contributed by atoms with E-state index < -0.39 is 0 Å². The summed E-state index contributed by atoms with van der Waals surface area (Å²) in [6, 6.07) is 2.21. The Morgan fingerprint density at radius 3 is 2.85 bits per heavy atom. The van der Waals surface area contributed by atoms with Crippen molar-refractivity contribution in [2.75, 3.05) is 13.1 Å². The van der Waals surface area contributed by atoms with E-state index in [4.69, 9.17) is 5.73 Å². The standard InChI is InChI=1S/C16H21N3O/c1-12(2)11-19(15-5-6-15)16(20)14-8-13(4-3-7-17)9-18-10-14/h8-10,12,15H,5-7,11,17H2,1-2H3. The van der Waals surface area contributed by atoms with Crippen molar-refractivity contribution in [1.29, 1.82) is 0 Å². The molecule has 1 fully saturated rings. The minimum absolute atomic E-state index is 0.0603. The summed E-state index contributed by atoms with van der Waals surface area (Å²) in [6.07, 6.45) is 5.49. The molecular weight excluding hydrogens is 250 g/mol. The van der Waals surface area contributed by atoms with Gasteiger partial charge in [-0.1, -0.05) is 25.7 Å². The van der Waals surface area contributed by atoms with Gasteiger partial charge in [0.1, 0.15) is 0 Å². The maximum absolute atomic E-state index is 12.6. The van der Waals surface area contributed by atoms with Gasteiger partial charge in [-0.15, -0.1) is 0 Å². The number of hydrogen-bond donors (Lipinski definition) is 1. The molecule has 0 saturated heterocycles. The zero-order valence-corrected chi connectivity index (χ0v) is 12.1. The SMILES string of the molecule is CC(C)CN(C(=O)c1cncc(C#CCN)c1)C1CC1. The highest BCUT2D eigenvalue weighted by atomic mass is 16.2. The number of nitrogens with two attached hydrogens (primary N) is 1. The highest BCUT2D eigenvalue weighted by Gasteiger charge is 2.33. The molecule has 20 heavy (non-hydrogen) atoms. The maximum Gasteiger partial charge on any atom is 0.255 e. The van der Waals surface area contributed by atoms with Gasteiger partial charge in [0.05, 0.1) is 12.1 Å². The summed E-state index contributed by atoms with van der Waals surface area (Å²) in [7, 11) is 0. The highest BCUT2D eigenvalue weighted by molar-refractivity contribution is 5.94. The van der Waals surface area contributed by atoms with Gasteiger partial charge in [-0.25, -0.2) is 0 Å². The van der Waals surface area contributed by atoms with Gasteiger partial charge >= 0.3 is 0 Å². The van der Waals surface area contributed by atoms with Gasteiger partial charge in [-0.3, -0.25) is 9.78 Å². The first-order chi connectivity index (χ1) is 9.61. The van der Waals surface area contributed by atoms with Crippen molar-refractivity contribution in [3.05, 3.63) is 29.6 Å². The molecule has 1 heterocycles. The fourth-order valence-corrected chi connectivity index (χ4v) is 2.12. The van der Waals surface area contributed by atoms with Gasteiger partial charge in [-0.2, -0.15) is 0 Å². The van der Waals surface area contributed by atoms with Crippen LogP contribution >= 0.6 is 0 Å². The van der Waals surface area contributed by atoms with Crippen molar-refractivity contribution in [2.24, 2.45) is 11.7 Å². The van der Waals surface area contributed by atoms with Crippen LogP contribution in [0.2, 0.25) is 0 Å². The summed E-state index contributed by atoms with van der Waals surface area (Å²) in [5.41, 5.74) is 6.71. The lowest BCUT2D eigenvalue weighted by Gasteiger charge is -2.24. The van der Waals surface area contributed by atoms with Crippen LogP contribution in [0, 0.1) is 17.8 Å². The first-order valence-electron chi connectivity index (χ1n) is 7.06. The van der Waals surface area contributed by atoms with Crippen molar-refractivity contribution < 1.29 is 4.79 Å². The van der Waals surface area contributed by atoms with Crippen molar-refractivity contribution in [1.82, 2.24) is 9.88 Å². The van der Waals surface area contributed by atoms with E-state index >= 15 is 0 Å². The Kier molecular flexibility index (Phi) is 4.75. The Hall–Kier alpha value is -1.86. The quantitative estimate of drug-likeness (QED) is 0.847. The fourth-order valence-electron chi connectivity index (χ4n) is 2.12. The van der Waals surface area contributed by atoms with E-state index in [0.717, 1.165) is 24.9 Å². The Bertz CT molecular complexity index is 538. The third-order valence-corrected chi connectivity index (χ3v) is 3.13. The molecule has 1 saturated carbocycles. The Balaban J connectivity index is 2.18. The van der Waals surface area contributed by atoms with Crippen LogP contribution in [0.25, 0.3) is 0 Å². The molecule has 2 N–H and O–H groups in total. The first kappa shape index (κ1) is 14.5. The third-order valence-electron chi connectivity index (χ3n) is 3.13.